The summed E-state index contributed by atoms with van der Waals surface area (Å²) in [5.41, 5.74) is 0. The molecule has 1 N–H and O–H groups in total. The molecule has 98 valence electrons. The number of hydrogen-bond acceptors (Lipinski definition) is 5. The summed E-state index contributed by atoms with van der Waals surface area (Å²) in [6.45, 7) is 0.726. The molecule has 5 nitrogen and oxygen atoms in total. The van der Waals surface area contributed by atoms with Crippen LogP contribution < -0.4 is 5.32 Å². The fourth-order valence-corrected chi connectivity index (χ4v) is 2.53. The summed E-state index contributed by atoms with van der Waals surface area (Å²) in [5.74, 6) is 0.858. The molecule has 18 heavy (non-hydrogen) atoms. The predicted molar refractivity (Wildman–Crippen MR) is 68.0 cm³/mol. The monoisotopic (exact) mass is 249 g/mol. The molecule has 0 aromatic carbocycles. The molecule has 0 saturated heterocycles. The van der Waals surface area contributed by atoms with Crippen molar-refractivity contribution in [3.63, 3.8) is 0 Å². The molecular formula is C13H19N3O2. The van der Waals surface area contributed by atoms with Gasteiger partial charge in [-0.1, -0.05) is 12.8 Å². The lowest BCUT2D eigenvalue weighted by atomic mass is 9.79. The summed E-state index contributed by atoms with van der Waals surface area (Å²) in [6.07, 6.45) is 7.67. The molecule has 0 radical (unpaired) electrons. The Morgan fingerprint density at radius 2 is 2.11 bits per heavy atom. The number of rotatable bonds is 4. The Labute approximate surface area is 107 Å². The van der Waals surface area contributed by atoms with Crippen LogP contribution in [0, 0.1) is 11.8 Å². The van der Waals surface area contributed by atoms with Gasteiger partial charge in [0, 0.05) is 18.9 Å². The van der Waals surface area contributed by atoms with E-state index < -0.39 is 0 Å². The molecule has 2 rings (SSSR count). The van der Waals surface area contributed by atoms with Crippen LogP contribution in [0.3, 0.4) is 0 Å². The standard InChI is InChI=1S/C13H19N3O2/c1-18-12(17)11-6-3-2-5-10(11)9-16-13-14-7-4-8-15-13/h4,7-8,10-11H,2-3,5-6,9H2,1H3,(H,14,15,16). The second-order valence-corrected chi connectivity index (χ2v) is 4.63. The van der Waals surface area contributed by atoms with Crippen molar-refractivity contribution >= 4 is 11.9 Å². The molecule has 1 fully saturated rings. The molecule has 0 bridgehead atoms. The molecule has 1 aliphatic carbocycles. The first kappa shape index (κ1) is 12.8. The number of methoxy groups -OCH3 is 1. The largest absolute Gasteiger partial charge is 0.469 e. The third kappa shape index (κ3) is 3.18. The van der Waals surface area contributed by atoms with Crippen LogP contribution in [0.1, 0.15) is 25.7 Å². The molecule has 1 aromatic heterocycles. The number of carbonyl (C=O) groups is 1. The maximum atomic E-state index is 11.7. The Bertz CT molecular complexity index is 383. The summed E-state index contributed by atoms with van der Waals surface area (Å²) >= 11 is 0. The van der Waals surface area contributed by atoms with Crippen LogP contribution in [-0.4, -0.2) is 29.6 Å². The minimum Gasteiger partial charge on any atom is -0.469 e. The van der Waals surface area contributed by atoms with Gasteiger partial charge in [0.25, 0.3) is 0 Å². The minimum absolute atomic E-state index is 0.0139. The second kappa shape index (κ2) is 6.33. The summed E-state index contributed by atoms with van der Waals surface area (Å²) in [7, 11) is 1.46. The van der Waals surface area contributed by atoms with Gasteiger partial charge in [-0.25, -0.2) is 9.97 Å². The third-order valence-corrected chi connectivity index (χ3v) is 3.50. The number of hydrogen-bond donors (Lipinski definition) is 1. The lowest BCUT2D eigenvalue weighted by Gasteiger charge is -2.29. The van der Waals surface area contributed by atoms with Crippen LogP contribution in [-0.2, 0) is 9.53 Å². The van der Waals surface area contributed by atoms with Crippen LogP contribution in [0.4, 0.5) is 5.95 Å². The Hall–Kier alpha value is -1.65. The molecular weight excluding hydrogens is 230 g/mol. The van der Waals surface area contributed by atoms with Gasteiger partial charge in [0.05, 0.1) is 13.0 Å². The van der Waals surface area contributed by atoms with E-state index in [0.717, 1.165) is 25.8 Å². The normalized spacial score (nSPS) is 23.4. The van der Waals surface area contributed by atoms with Gasteiger partial charge in [0.2, 0.25) is 5.95 Å². The van der Waals surface area contributed by atoms with E-state index in [9.17, 15) is 4.79 Å². The van der Waals surface area contributed by atoms with E-state index >= 15 is 0 Å². The van der Waals surface area contributed by atoms with E-state index in [0.29, 0.717) is 11.9 Å². The van der Waals surface area contributed by atoms with Crippen LogP contribution in [0.25, 0.3) is 0 Å². The Balaban J connectivity index is 1.91. The summed E-state index contributed by atoms with van der Waals surface area (Å²) in [6, 6.07) is 1.78. The SMILES string of the molecule is COC(=O)C1CCCCC1CNc1ncccn1. The van der Waals surface area contributed by atoms with Crippen molar-refractivity contribution in [3.05, 3.63) is 18.5 Å². The quantitative estimate of drug-likeness (QED) is 0.825. The highest BCUT2D eigenvalue weighted by atomic mass is 16.5. The first-order valence-corrected chi connectivity index (χ1v) is 6.40. The van der Waals surface area contributed by atoms with Gasteiger partial charge in [-0.2, -0.15) is 0 Å². The first-order chi connectivity index (χ1) is 8.81. The Kier molecular flexibility index (Phi) is 4.50. The maximum absolute atomic E-state index is 11.7. The zero-order valence-electron chi connectivity index (χ0n) is 10.6. The van der Waals surface area contributed by atoms with E-state index in [1.54, 1.807) is 18.5 Å². The van der Waals surface area contributed by atoms with E-state index in [1.165, 1.54) is 13.5 Å². The second-order valence-electron chi connectivity index (χ2n) is 4.63. The number of ether oxygens (including phenoxy) is 1. The fraction of sp³-hybridized carbons (Fsp3) is 0.615. The molecule has 2 atom stereocenters. The van der Waals surface area contributed by atoms with Crippen LogP contribution in [0.2, 0.25) is 0 Å². The number of carbonyl (C=O) groups excluding carboxylic acids is 1. The van der Waals surface area contributed by atoms with Crippen molar-refractivity contribution in [1.82, 2.24) is 9.97 Å². The van der Waals surface area contributed by atoms with E-state index in [4.69, 9.17) is 4.74 Å². The summed E-state index contributed by atoms with van der Waals surface area (Å²) in [5, 5.41) is 3.19. The van der Waals surface area contributed by atoms with Gasteiger partial charge in [-0.15, -0.1) is 0 Å². The van der Waals surface area contributed by atoms with Crippen molar-refractivity contribution < 1.29 is 9.53 Å². The number of nitrogens with zero attached hydrogens (tertiary/aromatic N) is 2. The third-order valence-electron chi connectivity index (χ3n) is 3.50. The number of esters is 1. The molecule has 0 aliphatic heterocycles. The van der Waals surface area contributed by atoms with Crippen molar-refractivity contribution in [2.24, 2.45) is 11.8 Å². The molecule has 1 aromatic rings. The van der Waals surface area contributed by atoms with Gasteiger partial charge in [0.1, 0.15) is 0 Å². The highest BCUT2D eigenvalue weighted by Crippen LogP contribution is 2.30. The molecule has 1 heterocycles. The fourth-order valence-electron chi connectivity index (χ4n) is 2.53. The lowest BCUT2D eigenvalue weighted by Crippen LogP contribution is -2.32. The zero-order valence-corrected chi connectivity index (χ0v) is 10.6. The van der Waals surface area contributed by atoms with Gasteiger partial charge < -0.3 is 10.1 Å². The summed E-state index contributed by atoms with van der Waals surface area (Å²) in [4.78, 5) is 19.9. The molecule has 0 amide bonds. The zero-order chi connectivity index (χ0) is 12.8. The average molecular weight is 249 g/mol. The van der Waals surface area contributed by atoms with E-state index in [2.05, 4.69) is 15.3 Å². The highest BCUT2D eigenvalue weighted by Gasteiger charge is 2.31. The molecule has 2 unspecified atom stereocenters. The molecule has 5 heteroatoms. The van der Waals surface area contributed by atoms with Crippen molar-refractivity contribution in [2.45, 2.75) is 25.7 Å². The van der Waals surface area contributed by atoms with E-state index in [-0.39, 0.29) is 11.9 Å². The first-order valence-electron chi connectivity index (χ1n) is 6.40. The van der Waals surface area contributed by atoms with Crippen molar-refractivity contribution in [2.75, 3.05) is 19.0 Å². The highest BCUT2D eigenvalue weighted by molar-refractivity contribution is 5.72. The van der Waals surface area contributed by atoms with E-state index in [1.807, 2.05) is 0 Å². The Morgan fingerprint density at radius 1 is 1.39 bits per heavy atom. The molecule has 1 aliphatic rings. The summed E-state index contributed by atoms with van der Waals surface area (Å²) < 4.78 is 4.87. The predicted octanol–water partition coefficient (Wildman–Crippen LogP) is 1.87. The van der Waals surface area contributed by atoms with Gasteiger partial charge >= 0.3 is 5.97 Å². The maximum Gasteiger partial charge on any atom is 0.309 e. The van der Waals surface area contributed by atoms with Crippen LogP contribution >= 0.6 is 0 Å². The average Bonchev–Trinajstić information content (AvgIpc) is 2.45. The molecule has 1 saturated carbocycles. The van der Waals surface area contributed by atoms with Crippen molar-refractivity contribution in [1.29, 1.82) is 0 Å². The smallest absolute Gasteiger partial charge is 0.309 e. The van der Waals surface area contributed by atoms with Gasteiger partial charge in [-0.05, 0) is 24.8 Å². The van der Waals surface area contributed by atoms with Gasteiger partial charge in [-0.3, -0.25) is 4.79 Å². The van der Waals surface area contributed by atoms with Gasteiger partial charge in [0.15, 0.2) is 0 Å². The van der Waals surface area contributed by atoms with Crippen LogP contribution in [0.15, 0.2) is 18.5 Å². The number of anilines is 1. The number of aromatic nitrogens is 2. The molecule has 0 spiro atoms. The lowest BCUT2D eigenvalue weighted by molar-refractivity contribution is -0.148. The topological polar surface area (TPSA) is 64.1 Å². The van der Waals surface area contributed by atoms with Crippen molar-refractivity contribution in [3.8, 4) is 0 Å². The van der Waals surface area contributed by atoms with Crippen LogP contribution in [0.5, 0.6) is 0 Å². The Morgan fingerprint density at radius 3 is 2.83 bits per heavy atom. The number of nitrogens with one attached hydrogen (secondary N) is 1. The minimum atomic E-state index is -0.0875.